The quantitative estimate of drug-likeness (QED) is 0.147. The molecule has 1 heteroatoms. The van der Waals surface area contributed by atoms with Crippen LogP contribution < -0.4 is 4.90 Å². The number of benzene rings is 11. The van der Waals surface area contributed by atoms with Crippen LogP contribution >= 0.6 is 0 Å². The van der Waals surface area contributed by atoms with Gasteiger partial charge < -0.3 is 4.90 Å². The molecule has 2 aliphatic carbocycles. The van der Waals surface area contributed by atoms with Gasteiger partial charge in [0.1, 0.15) is 0 Å². The van der Waals surface area contributed by atoms with Gasteiger partial charge in [0.05, 0.1) is 11.1 Å². The summed E-state index contributed by atoms with van der Waals surface area (Å²) in [7, 11) is 0. The number of hydrogen-bond donors (Lipinski definition) is 0. The number of para-hydroxylation sites is 1. The van der Waals surface area contributed by atoms with Crippen molar-refractivity contribution < 1.29 is 0 Å². The molecule has 0 N–H and O–H groups in total. The van der Waals surface area contributed by atoms with Gasteiger partial charge >= 0.3 is 0 Å². The predicted octanol–water partition coefficient (Wildman–Crippen LogP) is 17.3. The maximum absolute atomic E-state index is 2.50. The minimum Gasteiger partial charge on any atom is -0.310 e. The van der Waals surface area contributed by atoms with Gasteiger partial charge in [-0.2, -0.15) is 0 Å². The van der Waals surface area contributed by atoms with Crippen LogP contribution in [-0.2, 0) is 10.8 Å². The highest BCUT2D eigenvalue weighted by atomic mass is 15.1. The average molecular weight is 866 g/mol. The molecule has 2 aliphatic rings. The molecule has 0 bridgehead atoms. The fourth-order valence-electron chi connectivity index (χ4n) is 11.8. The van der Waals surface area contributed by atoms with Crippen molar-refractivity contribution in [2.24, 2.45) is 0 Å². The van der Waals surface area contributed by atoms with E-state index in [1.54, 1.807) is 0 Å². The van der Waals surface area contributed by atoms with Crippen LogP contribution in [0.5, 0.6) is 0 Å². The zero-order chi connectivity index (χ0) is 45.2. The van der Waals surface area contributed by atoms with E-state index in [-0.39, 0.29) is 5.41 Å². The fourth-order valence-corrected chi connectivity index (χ4v) is 11.8. The Labute approximate surface area is 398 Å². The van der Waals surface area contributed by atoms with E-state index in [0.717, 1.165) is 17.1 Å². The molecular weight excluding hydrogens is 819 g/mol. The second-order valence-electron chi connectivity index (χ2n) is 18.5. The number of nitrogens with zero attached hydrogens (tertiary/aromatic N) is 1. The Balaban J connectivity index is 1.05. The van der Waals surface area contributed by atoms with Crippen LogP contribution in [0.2, 0.25) is 0 Å². The highest BCUT2D eigenvalue weighted by molar-refractivity contribution is 5.95. The zero-order valence-corrected chi connectivity index (χ0v) is 37.9. The molecule has 0 heterocycles. The molecule has 1 atom stereocenters. The molecule has 0 spiro atoms. The molecule has 0 saturated heterocycles. The standard InChI is InChI=1S/C67H47N/c1-66(51-23-5-2-6-24-51)61-33-16-13-31-57(61)59-40-38-50(44-63(59)66)56-30-15-18-35-65(56)68(54-29-19-22-48(43-54)49-37-36-46-20-11-12-21-47(46)42-49)55-39-41-60-58-32-14-17-34-62(58)67(64(60)45-55,52-25-7-3-8-26-52)53-27-9-4-10-28-53/h2-45H,1H3. The molecule has 1 nitrogen and oxygen atoms in total. The maximum Gasteiger partial charge on any atom is 0.0714 e. The van der Waals surface area contributed by atoms with Crippen LogP contribution in [-0.4, -0.2) is 0 Å². The van der Waals surface area contributed by atoms with Gasteiger partial charge in [0.2, 0.25) is 0 Å². The van der Waals surface area contributed by atoms with Crippen molar-refractivity contribution in [2.45, 2.75) is 17.8 Å². The van der Waals surface area contributed by atoms with Crippen LogP contribution in [0.25, 0.3) is 55.3 Å². The molecule has 1 unspecified atom stereocenters. The maximum atomic E-state index is 2.50. The lowest BCUT2D eigenvalue weighted by Gasteiger charge is -2.35. The van der Waals surface area contributed by atoms with E-state index >= 15 is 0 Å². The molecule has 0 amide bonds. The van der Waals surface area contributed by atoms with E-state index in [2.05, 4.69) is 279 Å². The van der Waals surface area contributed by atoms with E-state index in [0.29, 0.717) is 0 Å². The Morgan fingerprint density at radius 3 is 1.53 bits per heavy atom. The van der Waals surface area contributed by atoms with Gasteiger partial charge in [-0.05, 0) is 138 Å². The minimum atomic E-state index is -0.542. The normalized spacial score (nSPS) is 15.0. The van der Waals surface area contributed by atoms with Crippen molar-refractivity contribution in [1.82, 2.24) is 0 Å². The van der Waals surface area contributed by atoms with Crippen LogP contribution in [0.1, 0.15) is 45.9 Å². The number of rotatable bonds is 8. The van der Waals surface area contributed by atoms with Crippen LogP contribution in [0.3, 0.4) is 0 Å². The lowest BCUT2D eigenvalue weighted by molar-refractivity contribution is 0.714. The number of anilines is 3. The van der Waals surface area contributed by atoms with Gasteiger partial charge in [-0.15, -0.1) is 0 Å². The zero-order valence-electron chi connectivity index (χ0n) is 37.9. The molecule has 11 aromatic carbocycles. The molecule has 0 aliphatic heterocycles. The van der Waals surface area contributed by atoms with Gasteiger partial charge in [0.15, 0.2) is 0 Å². The Bertz CT molecular complexity index is 3660. The Morgan fingerprint density at radius 1 is 0.279 bits per heavy atom. The van der Waals surface area contributed by atoms with Crippen LogP contribution in [0.4, 0.5) is 17.1 Å². The van der Waals surface area contributed by atoms with Gasteiger partial charge in [-0.3, -0.25) is 0 Å². The molecule has 320 valence electrons. The molecular formula is C67H47N. The summed E-state index contributed by atoms with van der Waals surface area (Å²) in [6.45, 7) is 2.40. The summed E-state index contributed by atoms with van der Waals surface area (Å²) >= 11 is 0. The first-order valence-corrected chi connectivity index (χ1v) is 23.7. The van der Waals surface area contributed by atoms with Crippen molar-refractivity contribution >= 4 is 27.8 Å². The summed E-state index contributed by atoms with van der Waals surface area (Å²) in [6, 6.07) is 99.1. The minimum absolute atomic E-state index is 0.320. The highest BCUT2D eigenvalue weighted by Crippen LogP contribution is 2.58. The monoisotopic (exact) mass is 865 g/mol. The highest BCUT2D eigenvalue weighted by Gasteiger charge is 2.46. The van der Waals surface area contributed by atoms with E-state index < -0.39 is 5.41 Å². The third-order valence-electron chi connectivity index (χ3n) is 15.0. The second kappa shape index (κ2) is 15.8. The van der Waals surface area contributed by atoms with Gasteiger partial charge in [-0.25, -0.2) is 0 Å². The first-order valence-electron chi connectivity index (χ1n) is 23.7. The first kappa shape index (κ1) is 39.8. The average Bonchev–Trinajstić information content (AvgIpc) is 3.86. The number of hydrogen-bond acceptors (Lipinski definition) is 1. The van der Waals surface area contributed by atoms with Gasteiger partial charge in [0, 0.05) is 22.4 Å². The summed E-state index contributed by atoms with van der Waals surface area (Å²) in [5.74, 6) is 0. The Kier molecular flexibility index (Phi) is 9.27. The van der Waals surface area contributed by atoms with Crippen LogP contribution in [0, 0.1) is 0 Å². The number of fused-ring (bicyclic) bond motifs is 7. The van der Waals surface area contributed by atoms with Gasteiger partial charge in [0.25, 0.3) is 0 Å². The molecule has 0 fully saturated rings. The van der Waals surface area contributed by atoms with Gasteiger partial charge in [-0.1, -0.05) is 224 Å². The molecule has 13 rings (SSSR count). The molecule has 68 heavy (non-hydrogen) atoms. The third-order valence-corrected chi connectivity index (χ3v) is 15.0. The SMILES string of the molecule is CC1(c2ccccc2)c2ccccc2-c2ccc(-c3ccccc3N(c3cccc(-c4ccc5ccccc5c4)c3)c3ccc4c(c3)C(c3ccccc3)(c3ccccc3)c3ccccc3-4)cc21. The van der Waals surface area contributed by atoms with E-state index in [1.807, 2.05) is 0 Å². The smallest absolute Gasteiger partial charge is 0.0714 e. The lowest BCUT2D eigenvalue weighted by atomic mass is 9.67. The second-order valence-corrected chi connectivity index (χ2v) is 18.5. The Hall–Kier alpha value is -8.52. The molecule has 11 aromatic rings. The summed E-state index contributed by atoms with van der Waals surface area (Å²) in [5.41, 5.74) is 21.3. The van der Waals surface area contributed by atoms with Crippen molar-refractivity contribution in [3.8, 4) is 44.5 Å². The Morgan fingerprint density at radius 2 is 0.794 bits per heavy atom. The van der Waals surface area contributed by atoms with Crippen LogP contribution in [0.15, 0.2) is 267 Å². The first-order chi connectivity index (χ1) is 33.6. The van der Waals surface area contributed by atoms with Crippen molar-refractivity contribution in [3.63, 3.8) is 0 Å². The molecule has 0 saturated carbocycles. The van der Waals surface area contributed by atoms with E-state index in [4.69, 9.17) is 0 Å². The largest absolute Gasteiger partial charge is 0.310 e. The predicted molar refractivity (Wildman–Crippen MR) is 284 cm³/mol. The topological polar surface area (TPSA) is 3.24 Å². The summed E-state index contributed by atoms with van der Waals surface area (Å²) in [6.07, 6.45) is 0. The van der Waals surface area contributed by atoms with E-state index in [9.17, 15) is 0 Å². The molecule has 0 radical (unpaired) electrons. The fraction of sp³-hybridized carbons (Fsp3) is 0.0448. The van der Waals surface area contributed by atoms with Crippen molar-refractivity contribution in [3.05, 3.63) is 306 Å². The summed E-state index contributed by atoms with van der Waals surface area (Å²) in [5, 5.41) is 2.47. The lowest BCUT2D eigenvalue weighted by Crippen LogP contribution is -2.28. The molecule has 0 aromatic heterocycles. The van der Waals surface area contributed by atoms with Crippen molar-refractivity contribution in [2.75, 3.05) is 4.90 Å². The third kappa shape index (κ3) is 6.02. The summed E-state index contributed by atoms with van der Waals surface area (Å²) < 4.78 is 0. The van der Waals surface area contributed by atoms with Crippen molar-refractivity contribution in [1.29, 1.82) is 0 Å². The summed E-state index contributed by atoms with van der Waals surface area (Å²) in [4.78, 5) is 2.50. The van der Waals surface area contributed by atoms with E-state index in [1.165, 1.54) is 94.2 Å².